The maximum atomic E-state index is 12.0. The molecule has 2 aromatic carbocycles. The third-order valence-electron chi connectivity index (χ3n) is 4.37. The van der Waals surface area contributed by atoms with Gasteiger partial charge in [0.1, 0.15) is 11.6 Å². The molecule has 3 rings (SSSR count). The number of rotatable bonds is 6. The van der Waals surface area contributed by atoms with Crippen LogP contribution in [0.3, 0.4) is 0 Å². The number of carbonyl (C=O) groups is 1. The molecular weight excluding hydrogens is 326 g/mol. The van der Waals surface area contributed by atoms with E-state index in [0.29, 0.717) is 13.2 Å². The predicted molar refractivity (Wildman–Crippen MR) is 101 cm³/mol. The molecule has 1 heterocycles. The molecule has 26 heavy (non-hydrogen) atoms. The highest BCUT2D eigenvalue weighted by molar-refractivity contribution is 6.01. The van der Waals surface area contributed by atoms with Crippen molar-refractivity contribution in [2.75, 3.05) is 25.2 Å². The van der Waals surface area contributed by atoms with Gasteiger partial charge in [0.25, 0.3) is 5.91 Å². The van der Waals surface area contributed by atoms with Crippen molar-refractivity contribution in [3.8, 4) is 6.07 Å². The number of hydrogen-bond acceptors (Lipinski definition) is 4. The van der Waals surface area contributed by atoms with E-state index in [1.54, 1.807) is 13.2 Å². The molecule has 1 amide bonds. The van der Waals surface area contributed by atoms with Crippen LogP contribution in [0.2, 0.25) is 0 Å². The monoisotopic (exact) mass is 347 g/mol. The summed E-state index contributed by atoms with van der Waals surface area (Å²) in [5, 5.41) is 11.9. The molecule has 0 saturated heterocycles. The Labute approximate surface area is 153 Å². The summed E-state index contributed by atoms with van der Waals surface area (Å²) in [5.41, 5.74) is 4.75. The highest BCUT2D eigenvalue weighted by Gasteiger charge is 2.18. The molecule has 0 aliphatic carbocycles. The summed E-state index contributed by atoms with van der Waals surface area (Å²) in [5.74, 6) is -0.386. The summed E-state index contributed by atoms with van der Waals surface area (Å²) in [6.45, 7) is 2.59. The Morgan fingerprint density at radius 3 is 2.42 bits per heavy atom. The Balaban J connectivity index is 1.68. The minimum Gasteiger partial charge on any atom is -0.383 e. The Hall–Kier alpha value is -3.10. The van der Waals surface area contributed by atoms with Gasteiger partial charge in [-0.1, -0.05) is 36.4 Å². The van der Waals surface area contributed by atoms with Gasteiger partial charge in [-0.2, -0.15) is 5.26 Å². The summed E-state index contributed by atoms with van der Waals surface area (Å²) >= 11 is 0. The molecule has 5 heteroatoms. The molecule has 1 aliphatic heterocycles. The van der Waals surface area contributed by atoms with Gasteiger partial charge in [0.2, 0.25) is 0 Å². The van der Waals surface area contributed by atoms with Gasteiger partial charge in [0.15, 0.2) is 0 Å². The highest BCUT2D eigenvalue weighted by atomic mass is 16.5. The molecular formula is C21H21N3O2. The molecule has 5 nitrogen and oxygen atoms in total. The van der Waals surface area contributed by atoms with Crippen LogP contribution < -0.4 is 10.2 Å². The lowest BCUT2D eigenvalue weighted by molar-refractivity contribution is -0.117. The van der Waals surface area contributed by atoms with Gasteiger partial charge < -0.3 is 15.0 Å². The summed E-state index contributed by atoms with van der Waals surface area (Å²) < 4.78 is 4.89. The van der Waals surface area contributed by atoms with Gasteiger partial charge in [-0.25, -0.2) is 0 Å². The largest absolute Gasteiger partial charge is 0.383 e. The number of nitrogens with one attached hydrogen (secondary N) is 1. The Morgan fingerprint density at radius 2 is 1.85 bits per heavy atom. The molecule has 0 unspecified atom stereocenters. The van der Waals surface area contributed by atoms with Crippen molar-refractivity contribution in [2.24, 2.45) is 0 Å². The van der Waals surface area contributed by atoms with Crippen molar-refractivity contribution >= 4 is 17.7 Å². The summed E-state index contributed by atoms with van der Waals surface area (Å²) in [6.07, 6.45) is 1.60. The first kappa shape index (κ1) is 17.7. The second-order valence-corrected chi connectivity index (χ2v) is 6.13. The van der Waals surface area contributed by atoms with Crippen LogP contribution in [0.4, 0.5) is 5.69 Å². The second-order valence-electron chi connectivity index (χ2n) is 6.13. The number of fused-ring (bicyclic) bond motifs is 1. The van der Waals surface area contributed by atoms with Crippen molar-refractivity contribution in [3.63, 3.8) is 0 Å². The smallest absolute Gasteiger partial charge is 0.262 e. The molecule has 0 bridgehead atoms. The van der Waals surface area contributed by atoms with Crippen LogP contribution in [0.5, 0.6) is 0 Å². The van der Waals surface area contributed by atoms with Crippen molar-refractivity contribution in [3.05, 3.63) is 70.8 Å². The molecule has 1 aliphatic rings. The average molecular weight is 347 g/mol. The minimum atomic E-state index is -0.386. The van der Waals surface area contributed by atoms with Gasteiger partial charge in [-0.05, 0) is 34.9 Å². The number of benzene rings is 2. The van der Waals surface area contributed by atoms with E-state index in [9.17, 15) is 10.1 Å². The van der Waals surface area contributed by atoms with Crippen LogP contribution in [-0.2, 0) is 22.6 Å². The molecule has 132 valence electrons. The number of ether oxygens (including phenoxy) is 1. The predicted octanol–water partition coefficient (Wildman–Crippen LogP) is 2.88. The maximum Gasteiger partial charge on any atom is 0.262 e. The van der Waals surface area contributed by atoms with Crippen molar-refractivity contribution in [2.45, 2.75) is 13.1 Å². The number of hydrogen-bond donors (Lipinski definition) is 1. The Kier molecular flexibility index (Phi) is 5.67. The van der Waals surface area contributed by atoms with E-state index in [1.807, 2.05) is 30.3 Å². The molecule has 0 saturated carbocycles. The summed E-state index contributed by atoms with van der Waals surface area (Å²) in [6, 6.07) is 18.3. The molecule has 0 atom stereocenters. The quantitative estimate of drug-likeness (QED) is 0.496. The third kappa shape index (κ3) is 4.11. The van der Waals surface area contributed by atoms with E-state index >= 15 is 0 Å². The zero-order valence-corrected chi connectivity index (χ0v) is 14.7. The van der Waals surface area contributed by atoms with Crippen LogP contribution >= 0.6 is 0 Å². The number of anilines is 1. The van der Waals surface area contributed by atoms with E-state index < -0.39 is 0 Å². The Morgan fingerprint density at radius 1 is 1.19 bits per heavy atom. The van der Waals surface area contributed by atoms with Gasteiger partial charge >= 0.3 is 0 Å². The fourth-order valence-corrected chi connectivity index (χ4v) is 2.97. The van der Waals surface area contributed by atoms with Crippen LogP contribution in [0, 0.1) is 11.3 Å². The van der Waals surface area contributed by atoms with Crippen LogP contribution in [0.25, 0.3) is 6.08 Å². The van der Waals surface area contributed by atoms with Gasteiger partial charge in [0, 0.05) is 32.4 Å². The first-order chi connectivity index (χ1) is 12.7. The summed E-state index contributed by atoms with van der Waals surface area (Å²) in [7, 11) is 1.56. The lowest BCUT2D eigenvalue weighted by Crippen LogP contribution is -2.27. The lowest BCUT2D eigenvalue weighted by Gasteiger charge is -2.17. The number of nitrogens with zero attached hydrogens (tertiary/aromatic N) is 2. The van der Waals surface area contributed by atoms with Gasteiger partial charge in [0.05, 0.1) is 6.61 Å². The normalized spacial score (nSPS) is 13.2. The van der Waals surface area contributed by atoms with Gasteiger partial charge in [-0.3, -0.25) is 4.79 Å². The van der Waals surface area contributed by atoms with Gasteiger partial charge in [-0.15, -0.1) is 0 Å². The second kappa shape index (κ2) is 8.32. The molecule has 0 radical (unpaired) electrons. The highest BCUT2D eigenvalue weighted by Crippen LogP contribution is 2.28. The maximum absolute atomic E-state index is 12.0. The lowest BCUT2D eigenvalue weighted by atomic mass is 10.1. The van der Waals surface area contributed by atoms with Crippen molar-refractivity contribution < 1.29 is 9.53 Å². The fourth-order valence-electron chi connectivity index (χ4n) is 2.97. The molecule has 1 N–H and O–H groups in total. The van der Waals surface area contributed by atoms with E-state index in [-0.39, 0.29) is 11.5 Å². The van der Waals surface area contributed by atoms with Crippen molar-refractivity contribution in [1.82, 2.24) is 5.32 Å². The number of carbonyl (C=O) groups excluding carboxylic acids is 1. The van der Waals surface area contributed by atoms with E-state index in [4.69, 9.17) is 4.74 Å². The van der Waals surface area contributed by atoms with E-state index in [2.05, 4.69) is 34.5 Å². The molecule has 0 aromatic heterocycles. The Bertz CT molecular complexity index is 825. The van der Waals surface area contributed by atoms with E-state index in [1.165, 1.54) is 11.1 Å². The molecule has 0 fully saturated rings. The zero-order chi connectivity index (χ0) is 18.4. The standard InChI is InChI=1S/C21H21N3O2/c1-26-11-10-23-21(25)19(13-22)12-16-6-8-20(9-7-16)24-14-17-4-2-3-5-18(17)15-24/h2-9,12H,10-11,14-15H2,1H3,(H,23,25). The zero-order valence-electron chi connectivity index (χ0n) is 14.7. The fraction of sp³-hybridized carbons (Fsp3) is 0.238. The topological polar surface area (TPSA) is 65.4 Å². The van der Waals surface area contributed by atoms with Crippen LogP contribution in [0.1, 0.15) is 16.7 Å². The summed E-state index contributed by atoms with van der Waals surface area (Å²) in [4.78, 5) is 14.3. The van der Waals surface area contributed by atoms with Crippen LogP contribution in [-0.4, -0.2) is 26.2 Å². The number of methoxy groups -OCH3 is 1. The van der Waals surface area contributed by atoms with E-state index in [0.717, 1.165) is 24.3 Å². The minimum absolute atomic E-state index is 0.0856. The van der Waals surface area contributed by atoms with Crippen LogP contribution in [0.15, 0.2) is 54.1 Å². The molecule has 0 spiro atoms. The first-order valence-electron chi connectivity index (χ1n) is 8.52. The SMILES string of the molecule is COCCNC(=O)C(C#N)=Cc1ccc(N2Cc3ccccc3C2)cc1. The molecule has 2 aromatic rings. The van der Waals surface area contributed by atoms with Crippen molar-refractivity contribution in [1.29, 1.82) is 5.26 Å². The first-order valence-corrected chi connectivity index (χ1v) is 8.52. The third-order valence-corrected chi connectivity index (χ3v) is 4.37. The number of nitriles is 1. The average Bonchev–Trinajstić information content (AvgIpc) is 3.11. The number of amides is 1.